The standard InChI is InChI=1S/C21H32O4/c1-13(2)7-8-16-11-19(25-17(12-22)9-14(3)4)20(21(16)24)18(23)10-15(5)6/h7,12,14-17H,8-11H2,1-6H3/t16-,17?/m0/s1. The Balaban J connectivity index is 3.06. The largest absolute Gasteiger partial charge is 0.486 e. The number of rotatable bonds is 10. The Kier molecular flexibility index (Phi) is 8.27. The van der Waals surface area contributed by atoms with Gasteiger partial charge in [0.25, 0.3) is 0 Å². The van der Waals surface area contributed by atoms with Crippen molar-refractivity contribution in [2.24, 2.45) is 17.8 Å². The third-order valence-corrected chi connectivity index (χ3v) is 4.16. The second-order valence-electron chi connectivity index (χ2n) is 8.02. The third-order valence-electron chi connectivity index (χ3n) is 4.16. The van der Waals surface area contributed by atoms with Crippen molar-refractivity contribution in [3.63, 3.8) is 0 Å². The summed E-state index contributed by atoms with van der Waals surface area (Å²) >= 11 is 0. The zero-order valence-corrected chi connectivity index (χ0v) is 16.4. The highest BCUT2D eigenvalue weighted by molar-refractivity contribution is 6.22. The van der Waals surface area contributed by atoms with Crippen LogP contribution in [0, 0.1) is 17.8 Å². The van der Waals surface area contributed by atoms with Gasteiger partial charge in [0.15, 0.2) is 24.0 Å². The van der Waals surface area contributed by atoms with Crippen molar-refractivity contribution < 1.29 is 19.1 Å². The molecule has 0 heterocycles. The fraction of sp³-hybridized carbons (Fsp3) is 0.667. The van der Waals surface area contributed by atoms with Crippen LogP contribution in [0.2, 0.25) is 0 Å². The lowest BCUT2D eigenvalue weighted by Crippen LogP contribution is -2.19. The van der Waals surface area contributed by atoms with E-state index < -0.39 is 6.10 Å². The number of carbonyl (C=O) groups excluding carboxylic acids is 3. The molecule has 1 unspecified atom stereocenters. The Hall–Kier alpha value is -1.71. The van der Waals surface area contributed by atoms with Crippen molar-refractivity contribution in [2.45, 2.75) is 73.3 Å². The lowest BCUT2D eigenvalue weighted by Gasteiger charge is -2.17. The van der Waals surface area contributed by atoms with E-state index in [1.807, 2.05) is 47.6 Å². The van der Waals surface area contributed by atoms with Crippen LogP contribution in [-0.4, -0.2) is 24.0 Å². The molecule has 140 valence electrons. The molecule has 4 nitrogen and oxygen atoms in total. The van der Waals surface area contributed by atoms with Crippen molar-refractivity contribution in [3.05, 3.63) is 23.0 Å². The van der Waals surface area contributed by atoms with E-state index in [0.29, 0.717) is 37.4 Å². The maximum atomic E-state index is 12.8. The number of hydrogen-bond acceptors (Lipinski definition) is 4. The van der Waals surface area contributed by atoms with Gasteiger partial charge in [0.1, 0.15) is 5.76 Å². The van der Waals surface area contributed by atoms with Gasteiger partial charge in [-0.2, -0.15) is 0 Å². The molecule has 0 aromatic heterocycles. The molecule has 0 bridgehead atoms. The number of hydrogen-bond donors (Lipinski definition) is 0. The van der Waals surface area contributed by atoms with Crippen LogP contribution in [-0.2, 0) is 19.1 Å². The first-order valence-electron chi connectivity index (χ1n) is 9.21. The Morgan fingerprint density at radius 2 is 1.84 bits per heavy atom. The van der Waals surface area contributed by atoms with Crippen LogP contribution < -0.4 is 0 Å². The van der Waals surface area contributed by atoms with E-state index in [2.05, 4.69) is 0 Å². The predicted molar refractivity (Wildman–Crippen MR) is 99.0 cm³/mol. The molecule has 1 aliphatic carbocycles. The molecule has 0 aromatic carbocycles. The summed E-state index contributed by atoms with van der Waals surface area (Å²) in [6.45, 7) is 11.9. The predicted octanol–water partition coefficient (Wildman–Crippen LogP) is 4.43. The minimum atomic E-state index is -0.605. The molecule has 1 rings (SSSR count). The topological polar surface area (TPSA) is 60.4 Å². The van der Waals surface area contributed by atoms with E-state index in [1.54, 1.807) is 0 Å². The van der Waals surface area contributed by atoms with E-state index >= 15 is 0 Å². The second kappa shape index (κ2) is 9.69. The van der Waals surface area contributed by atoms with Crippen LogP contribution in [0.3, 0.4) is 0 Å². The summed E-state index contributed by atoms with van der Waals surface area (Å²) in [4.78, 5) is 36.7. The van der Waals surface area contributed by atoms with Crippen LogP contribution in [0.1, 0.15) is 67.2 Å². The maximum Gasteiger partial charge on any atom is 0.173 e. The van der Waals surface area contributed by atoms with Crippen LogP contribution in [0.15, 0.2) is 23.0 Å². The van der Waals surface area contributed by atoms with Gasteiger partial charge in [-0.1, -0.05) is 39.3 Å². The van der Waals surface area contributed by atoms with Gasteiger partial charge >= 0.3 is 0 Å². The molecule has 0 saturated heterocycles. The first kappa shape index (κ1) is 21.3. The molecule has 1 aliphatic rings. The quantitative estimate of drug-likeness (QED) is 0.333. The van der Waals surface area contributed by atoms with E-state index in [-0.39, 0.29) is 29.0 Å². The molecule has 0 amide bonds. The minimum Gasteiger partial charge on any atom is -0.486 e. The molecule has 4 heteroatoms. The van der Waals surface area contributed by atoms with Crippen molar-refractivity contribution >= 4 is 17.9 Å². The summed E-state index contributed by atoms with van der Waals surface area (Å²) < 4.78 is 5.84. The van der Waals surface area contributed by atoms with E-state index in [0.717, 1.165) is 11.9 Å². The Bertz CT molecular complexity index is 562. The summed E-state index contributed by atoms with van der Waals surface area (Å²) in [6.07, 6.45) is 4.08. The number of carbonyl (C=O) groups is 3. The number of ketones is 2. The van der Waals surface area contributed by atoms with E-state index in [4.69, 9.17) is 4.74 Å². The Morgan fingerprint density at radius 1 is 1.20 bits per heavy atom. The molecule has 0 spiro atoms. The molecule has 2 atom stereocenters. The minimum absolute atomic E-state index is 0.132. The van der Waals surface area contributed by atoms with Crippen molar-refractivity contribution in [1.82, 2.24) is 0 Å². The summed E-state index contributed by atoms with van der Waals surface area (Å²) in [7, 11) is 0. The monoisotopic (exact) mass is 348 g/mol. The van der Waals surface area contributed by atoms with Crippen LogP contribution in [0.5, 0.6) is 0 Å². The third kappa shape index (κ3) is 6.60. The van der Waals surface area contributed by atoms with Gasteiger partial charge in [-0.3, -0.25) is 14.4 Å². The average Bonchev–Trinajstić information content (AvgIpc) is 2.79. The van der Waals surface area contributed by atoms with Gasteiger partial charge in [-0.15, -0.1) is 0 Å². The highest BCUT2D eigenvalue weighted by atomic mass is 16.5. The number of allylic oxidation sites excluding steroid dienone is 4. The van der Waals surface area contributed by atoms with Crippen LogP contribution >= 0.6 is 0 Å². The van der Waals surface area contributed by atoms with Crippen molar-refractivity contribution in [2.75, 3.05) is 0 Å². The summed E-state index contributed by atoms with van der Waals surface area (Å²) in [5, 5.41) is 0. The number of Topliss-reactive ketones (excluding diaryl/α,β-unsaturated/α-hetero) is 2. The molecule has 0 N–H and O–H groups in total. The smallest absolute Gasteiger partial charge is 0.173 e. The van der Waals surface area contributed by atoms with Gasteiger partial charge in [0, 0.05) is 18.8 Å². The zero-order valence-electron chi connectivity index (χ0n) is 16.4. The van der Waals surface area contributed by atoms with Crippen LogP contribution in [0.4, 0.5) is 0 Å². The van der Waals surface area contributed by atoms with Gasteiger partial charge < -0.3 is 4.74 Å². The summed E-state index contributed by atoms with van der Waals surface area (Å²) in [5.41, 5.74) is 1.33. The Labute approximate surface area is 151 Å². The van der Waals surface area contributed by atoms with E-state index in [9.17, 15) is 14.4 Å². The van der Waals surface area contributed by atoms with Gasteiger partial charge in [0.05, 0.1) is 5.57 Å². The summed E-state index contributed by atoms with van der Waals surface area (Å²) in [5.74, 6) is 0.326. The van der Waals surface area contributed by atoms with Crippen molar-refractivity contribution in [3.8, 4) is 0 Å². The summed E-state index contributed by atoms with van der Waals surface area (Å²) in [6, 6.07) is 0. The highest BCUT2D eigenvalue weighted by Crippen LogP contribution is 2.34. The maximum absolute atomic E-state index is 12.8. The number of aldehydes is 1. The Morgan fingerprint density at radius 3 is 2.32 bits per heavy atom. The molecule has 0 fully saturated rings. The lowest BCUT2D eigenvalue weighted by molar-refractivity contribution is -0.123. The number of ether oxygens (including phenoxy) is 1. The highest BCUT2D eigenvalue weighted by Gasteiger charge is 2.38. The fourth-order valence-corrected chi connectivity index (χ4v) is 2.98. The normalized spacial score (nSPS) is 18.7. The fourth-order valence-electron chi connectivity index (χ4n) is 2.98. The average molecular weight is 348 g/mol. The van der Waals surface area contributed by atoms with Gasteiger partial charge in [-0.05, 0) is 38.5 Å². The molecular formula is C21H32O4. The molecular weight excluding hydrogens is 316 g/mol. The van der Waals surface area contributed by atoms with Gasteiger partial charge in [0.2, 0.25) is 0 Å². The molecule has 25 heavy (non-hydrogen) atoms. The zero-order chi connectivity index (χ0) is 19.1. The van der Waals surface area contributed by atoms with Gasteiger partial charge in [-0.25, -0.2) is 0 Å². The molecule has 0 saturated carbocycles. The van der Waals surface area contributed by atoms with E-state index in [1.165, 1.54) is 0 Å². The molecule has 0 aliphatic heterocycles. The molecule has 0 aromatic rings. The van der Waals surface area contributed by atoms with Crippen molar-refractivity contribution in [1.29, 1.82) is 0 Å². The second-order valence-corrected chi connectivity index (χ2v) is 8.02. The first-order chi connectivity index (χ1) is 11.6. The lowest BCUT2D eigenvalue weighted by atomic mass is 9.95. The molecule has 0 radical (unpaired) electrons. The first-order valence-corrected chi connectivity index (χ1v) is 9.21. The van der Waals surface area contributed by atoms with Crippen LogP contribution in [0.25, 0.3) is 0 Å². The SMILES string of the molecule is CC(C)=CC[C@H]1CC(OC(C=O)CC(C)C)=C(C(=O)CC(C)C)C1=O.